The summed E-state index contributed by atoms with van der Waals surface area (Å²) in [4.78, 5) is 2.50. The van der Waals surface area contributed by atoms with Crippen LogP contribution >= 0.6 is 0 Å². The van der Waals surface area contributed by atoms with Crippen molar-refractivity contribution in [3.05, 3.63) is 71.8 Å². The molecule has 2 aromatic carbocycles. The zero-order chi connectivity index (χ0) is 26.1. The van der Waals surface area contributed by atoms with E-state index in [0.29, 0.717) is 13.2 Å². The van der Waals surface area contributed by atoms with Gasteiger partial charge in [-0.1, -0.05) is 119 Å². The maximum atomic E-state index is 6.68. The third-order valence-corrected chi connectivity index (χ3v) is 7.59. The Balaban J connectivity index is 1.70. The summed E-state index contributed by atoms with van der Waals surface area (Å²) < 4.78 is 19.9. The van der Waals surface area contributed by atoms with Gasteiger partial charge < -0.3 is 14.2 Å². The lowest BCUT2D eigenvalue weighted by molar-refractivity contribution is -0.0898. The fourth-order valence-corrected chi connectivity index (χ4v) is 5.42. The standard InChI is InChI=1S/C33H51NO3/c1-4-6-8-10-18-24-35-33-31(37-27-29-21-15-12-16-22-29)25-30(36-26-28-19-13-11-14-20-28)32(33)34(3)23-17-9-7-5-2/h11-16,19-22,30-33H,4-10,17-18,23-27H2,1-3H3. The summed E-state index contributed by atoms with van der Waals surface area (Å²) in [6.45, 7) is 7.64. The lowest BCUT2D eigenvalue weighted by Gasteiger charge is -2.34. The van der Waals surface area contributed by atoms with Crippen molar-refractivity contribution in [2.75, 3.05) is 20.2 Å². The highest BCUT2D eigenvalue weighted by Gasteiger charge is 2.47. The van der Waals surface area contributed by atoms with Crippen LogP contribution in [0.25, 0.3) is 0 Å². The summed E-state index contributed by atoms with van der Waals surface area (Å²) in [7, 11) is 2.26. The highest BCUT2D eigenvalue weighted by atomic mass is 16.6. The Labute approximate surface area is 226 Å². The Morgan fingerprint density at radius 2 is 1.19 bits per heavy atom. The second kappa shape index (κ2) is 17.7. The van der Waals surface area contributed by atoms with Gasteiger partial charge in [-0.05, 0) is 37.6 Å². The van der Waals surface area contributed by atoms with Crippen molar-refractivity contribution in [3.63, 3.8) is 0 Å². The number of ether oxygens (including phenoxy) is 3. The van der Waals surface area contributed by atoms with E-state index in [-0.39, 0.29) is 24.4 Å². The van der Waals surface area contributed by atoms with Gasteiger partial charge in [-0.3, -0.25) is 4.90 Å². The number of hydrogen-bond donors (Lipinski definition) is 0. The largest absolute Gasteiger partial charge is 0.374 e. The Bertz CT molecular complexity index is 815. The van der Waals surface area contributed by atoms with Crippen LogP contribution in [0.4, 0.5) is 0 Å². The summed E-state index contributed by atoms with van der Waals surface area (Å²) >= 11 is 0. The number of unbranched alkanes of at least 4 members (excludes halogenated alkanes) is 7. The first-order valence-electron chi connectivity index (χ1n) is 14.9. The van der Waals surface area contributed by atoms with Gasteiger partial charge in [0.25, 0.3) is 0 Å². The molecule has 0 heterocycles. The molecule has 1 aliphatic rings. The molecule has 1 fully saturated rings. The number of likely N-dealkylation sites (N-methyl/N-ethyl adjacent to an activating group) is 1. The van der Waals surface area contributed by atoms with Gasteiger partial charge in [0, 0.05) is 13.0 Å². The number of benzene rings is 2. The fourth-order valence-electron chi connectivity index (χ4n) is 5.42. The molecular weight excluding hydrogens is 458 g/mol. The molecule has 0 aliphatic heterocycles. The highest BCUT2D eigenvalue weighted by molar-refractivity contribution is 5.15. The Morgan fingerprint density at radius 1 is 0.649 bits per heavy atom. The molecule has 4 nitrogen and oxygen atoms in total. The average Bonchev–Trinajstić information content (AvgIpc) is 3.29. The number of rotatable bonds is 19. The summed E-state index contributed by atoms with van der Waals surface area (Å²) in [6.07, 6.45) is 12.3. The second-order valence-corrected chi connectivity index (χ2v) is 10.7. The molecule has 0 aromatic heterocycles. The first kappa shape index (κ1) is 29.8. The van der Waals surface area contributed by atoms with Crippen LogP contribution in [0.1, 0.15) is 89.2 Å². The van der Waals surface area contributed by atoms with Crippen LogP contribution in [-0.4, -0.2) is 49.5 Å². The monoisotopic (exact) mass is 509 g/mol. The molecule has 4 unspecified atom stereocenters. The van der Waals surface area contributed by atoms with Gasteiger partial charge in [0.1, 0.15) is 6.10 Å². The highest BCUT2D eigenvalue weighted by Crippen LogP contribution is 2.33. The van der Waals surface area contributed by atoms with E-state index in [9.17, 15) is 0 Å². The van der Waals surface area contributed by atoms with Gasteiger partial charge in [-0.25, -0.2) is 0 Å². The SMILES string of the molecule is CCCCCCCOC1C(OCc2ccccc2)CC(OCc2ccccc2)C1N(C)CCCCCC. The number of hydrogen-bond acceptors (Lipinski definition) is 4. The quantitative estimate of drug-likeness (QED) is 0.181. The first-order chi connectivity index (χ1) is 18.2. The molecule has 1 saturated carbocycles. The zero-order valence-corrected chi connectivity index (χ0v) is 23.7. The van der Waals surface area contributed by atoms with E-state index in [1.165, 1.54) is 62.5 Å². The van der Waals surface area contributed by atoms with Crippen LogP contribution in [0.15, 0.2) is 60.7 Å². The van der Waals surface area contributed by atoms with Gasteiger partial charge in [-0.2, -0.15) is 0 Å². The van der Waals surface area contributed by atoms with E-state index in [1.807, 2.05) is 0 Å². The van der Waals surface area contributed by atoms with Gasteiger partial charge in [0.05, 0.1) is 31.5 Å². The Kier molecular flexibility index (Phi) is 14.3. The van der Waals surface area contributed by atoms with Gasteiger partial charge in [-0.15, -0.1) is 0 Å². The topological polar surface area (TPSA) is 30.9 Å². The van der Waals surface area contributed by atoms with E-state index < -0.39 is 0 Å². The molecule has 4 atom stereocenters. The predicted molar refractivity (Wildman–Crippen MR) is 154 cm³/mol. The third-order valence-electron chi connectivity index (χ3n) is 7.59. The van der Waals surface area contributed by atoms with Crippen molar-refractivity contribution in [1.29, 1.82) is 0 Å². The van der Waals surface area contributed by atoms with E-state index in [0.717, 1.165) is 26.0 Å². The van der Waals surface area contributed by atoms with E-state index in [2.05, 4.69) is 86.5 Å². The summed E-state index contributed by atoms with van der Waals surface area (Å²) in [5.74, 6) is 0. The van der Waals surface area contributed by atoms with E-state index in [4.69, 9.17) is 14.2 Å². The summed E-state index contributed by atoms with van der Waals surface area (Å²) in [6, 6.07) is 21.2. The van der Waals surface area contributed by atoms with Crippen LogP contribution in [0.2, 0.25) is 0 Å². The van der Waals surface area contributed by atoms with Crippen LogP contribution < -0.4 is 0 Å². The van der Waals surface area contributed by atoms with Crippen molar-refractivity contribution in [3.8, 4) is 0 Å². The normalized spacial score (nSPS) is 21.6. The zero-order valence-electron chi connectivity index (χ0n) is 23.7. The molecule has 37 heavy (non-hydrogen) atoms. The van der Waals surface area contributed by atoms with Crippen molar-refractivity contribution in [2.24, 2.45) is 0 Å². The van der Waals surface area contributed by atoms with Crippen molar-refractivity contribution in [1.82, 2.24) is 4.90 Å². The molecule has 0 spiro atoms. The molecule has 0 N–H and O–H groups in total. The molecule has 1 aliphatic carbocycles. The Hall–Kier alpha value is -1.72. The smallest absolute Gasteiger partial charge is 0.102 e. The van der Waals surface area contributed by atoms with E-state index in [1.54, 1.807) is 0 Å². The van der Waals surface area contributed by atoms with Crippen LogP contribution in [0.3, 0.4) is 0 Å². The fraction of sp³-hybridized carbons (Fsp3) is 0.636. The Morgan fingerprint density at radius 3 is 1.78 bits per heavy atom. The van der Waals surface area contributed by atoms with Gasteiger partial charge in [0.15, 0.2) is 0 Å². The van der Waals surface area contributed by atoms with Gasteiger partial charge >= 0.3 is 0 Å². The second-order valence-electron chi connectivity index (χ2n) is 10.7. The summed E-state index contributed by atoms with van der Waals surface area (Å²) in [5, 5.41) is 0. The minimum absolute atomic E-state index is 0.0202. The third kappa shape index (κ3) is 10.5. The van der Waals surface area contributed by atoms with Crippen LogP contribution in [0.5, 0.6) is 0 Å². The summed E-state index contributed by atoms with van der Waals surface area (Å²) in [5.41, 5.74) is 2.42. The predicted octanol–water partition coefficient (Wildman–Crippen LogP) is 7.80. The molecular formula is C33H51NO3. The molecule has 0 saturated heterocycles. The van der Waals surface area contributed by atoms with Crippen molar-refractivity contribution >= 4 is 0 Å². The molecule has 2 aromatic rings. The van der Waals surface area contributed by atoms with Crippen LogP contribution in [-0.2, 0) is 27.4 Å². The van der Waals surface area contributed by atoms with Crippen LogP contribution in [0, 0.1) is 0 Å². The van der Waals surface area contributed by atoms with Gasteiger partial charge in [0.2, 0.25) is 0 Å². The molecule has 4 heteroatoms. The molecule has 0 bridgehead atoms. The first-order valence-corrected chi connectivity index (χ1v) is 14.9. The minimum atomic E-state index is 0.0202. The van der Waals surface area contributed by atoms with Crippen molar-refractivity contribution in [2.45, 2.75) is 116 Å². The van der Waals surface area contributed by atoms with Crippen molar-refractivity contribution < 1.29 is 14.2 Å². The lowest BCUT2D eigenvalue weighted by atomic mass is 10.1. The average molecular weight is 510 g/mol. The lowest BCUT2D eigenvalue weighted by Crippen LogP contribution is -2.48. The maximum Gasteiger partial charge on any atom is 0.102 e. The maximum absolute atomic E-state index is 6.68. The molecule has 3 rings (SSSR count). The minimum Gasteiger partial charge on any atom is -0.374 e. The van der Waals surface area contributed by atoms with E-state index >= 15 is 0 Å². The number of nitrogens with zero attached hydrogens (tertiary/aromatic N) is 1. The molecule has 0 radical (unpaired) electrons. The molecule has 0 amide bonds. The molecule has 206 valence electrons.